The second kappa shape index (κ2) is 7.78. The summed E-state index contributed by atoms with van der Waals surface area (Å²) < 4.78 is 32.4. The highest BCUT2D eigenvalue weighted by Gasteiger charge is 2.20. The molecular formula is C18H20F2O2. The number of phenols is 1. The molecule has 2 unspecified atom stereocenters. The van der Waals surface area contributed by atoms with Crippen molar-refractivity contribution in [3.8, 4) is 22.6 Å². The van der Waals surface area contributed by atoms with Crippen molar-refractivity contribution in [2.45, 2.75) is 32.1 Å². The van der Waals surface area contributed by atoms with Crippen molar-refractivity contribution < 1.29 is 18.6 Å². The number of alkyl halides is 2. The first-order valence-corrected chi connectivity index (χ1v) is 7.41. The highest BCUT2D eigenvalue weighted by molar-refractivity contribution is 5.71. The summed E-state index contributed by atoms with van der Waals surface area (Å²) in [7, 11) is 0. The van der Waals surface area contributed by atoms with Gasteiger partial charge < -0.3 is 9.84 Å². The summed E-state index contributed by atoms with van der Waals surface area (Å²) in [5, 5.41) is 9.93. The van der Waals surface area contributed by atoms with Crippen LogP contribution >= 0.6 is 0 Å². The van der Waals surface area contributed by atoms with E-state index in [-0.39, 0.29) is 18.8 Å². The first-order valence-electron chi connectivity index (χ1n) is 7.41. The van der Waals surface area contributed by atoms with Gasteiger partial charge in [0.2, 0.25) is 0 Å². The third kappa shape index (κ3) is 4.20. The fraction of sp³-hybridized carbons (Fsp3) is 0.333. The Morgan fingerprint density at radius 1 is 1.05 bits per heavy atom. The van der Waals surface area contributed by atoms with E-state index in [0.29, 0.717) is 17.7 Å². The van der Waals surface area contributed by atoms with Gasteiger partial charge >= 0.3 is 0 Å². The molecule has 0 aliphatic carbocycles. The maximum Gasteiger partial charge on any atom is 0.165 e. The Hall–Kier alpha value is -2.10. The zero-order valence-electron chi connectivity index (χ0n) is 12.5. The summed E-state index contributed by atoms with van der Waals surface area (Å²) in [4.78, 5) is 0. The summed E-state index contributed by atoms with van der Waals surface area (Å²) in [5.74, 6) is 0.521. The molecule has 0 aromatic heterocycles. The van der Waals surface area contributed by atoms with Gasteiger partial charge in [-0.05, 0) is 30.2 Å². The Bertz CT molecular complexity index is 587. The highest BCUT2D eigenvalue weighted by atomic mass is 19.2. The average Bonchev–Trinajstić information content (AvgIpc) is 2.54. The number of benzene rings is 2. The van der Waals surface area contributed by atoms with Crippen molar-refractivity contribution in [1.82, 2.24) is 0 Å². The minimum absolute atomic E-state index is 0.115. The van der Waals surface area contributed by atoms with E-state index >= 15 is 0 Å². The standard InChI is InChI=1S/C18H20F2O2/c1-2-6-16(19)17(20)12-22-14-9-10-18(21)15(11-14)13-7-4-3-5-8-13/h3-5,7-11,16-17,21H,2,6,12H2,1H3. The Morgan fingerprint density at radius 3 is 2.45 bits per heavy atom. The van der Waals surface area contributed by atoms with Crippen LogP contribution < -0.4 is 4.74 Å². The molecule has 2 aromatic carbocycles. The predicted octanol–water partition coefficient (Wildman–Crippen LogP) is 4.91. The molecule has 0 heterocycles. The quantitative estimate of drug-likeness (QED) is 0.787. The topological polar surface area (TPSA) is 29.5 Å². The van der Waals surface area contributed by atoms with E-state index in [1.165, 1.54) is 6.07 Å². The van der Waals surface area contributed by atoms with Crippen molar-refractivity contribution >= 4 is 0 Å². The van der Waals surface area contributed by atoms with E-state index in [9.17, 15) is 13.9 Å². The maximum absolute atomic E-state index is 13.6. The number of rotatable bonds is 7. The van der Waals surface area contributed by atoms with E-state index in [2.05, 4.69) is 0 Å². The molecule has 0 bridgehead atoms. The van der Waals surface area contributed by atoms with Gasteiger partial charge in [0.15, 0.2) is 6.17 Å². The molecule has 2 nitrogen and oxygen atoms in total. The molecule has 0 aliphatic rings. The Morgan fingerprint density at radius 2 is 1.77 bits per heavy atom. The summed E-state index contributed by atoms with van der Waals surface area (Å²) in [6.45, 7) is 1.48. The van der Waals surface area contributed by atoms with Gasteiger partial charge in [0.05, 0.1) is 0 Å². The normalized spacial score (nSPS) is 13.6. The maximum atomic E-state index is 13.6. The summed E-state index contributed by atoms with van der Waals surface area (Å²) >= 11 is 0. The van der Waals surface area contributed by atoms with Crippen molar-refractivity contribution in [2.75, 3.05) is 6.61 Å². The molecule has 0 aliphatic heterocycles. The van der Waals surface area contributed by atoms with Crippen LogP contribution in [0.4, 0.5) is 8.78 Å². The third-order valence-corrected chi connectivity index (χ3v) is 3.42. The zero-order valence-corrected chi connectivity index (χ0v) is 12.5. The Kier molecular flexibility index (Phi) is 5.75. The minimum Gasteiger partial charge on any atom is -0.507 e. The van der Waals surface area contributed by atoms with Crippen LogP contribution in [0.2, 0.25) is 0 Å². The molecule has 0 fully saturated rings. The van der Waals surface area contributed by atoms with Crippen LogP contribution in [-0.2, 0) is 0 Å². The number of phenolic OH excluding ortho intramolecular Hbond substituents is 1. The zero-order chi connectivity index (χ0) is 15.9. The van der Waals surface area contributed by atoms with Crippen LogP contribution in [0.1, 0.15) is 19.8 Å². The number of hydrogen-bond donors (Lipinski definition) is 1. The molecule has 0 amide bonds. The van der Waals surface area contributed by atoms with Crippen LogP contribution in [0.5, 0.6) is 11.5 Å². The number of aromatic hydroxyl groups is 1. The summed E-state index contributed by atoms with van der Waals surface area (Å²) in [5.41, 5.74) is 1.43. The lowest BCUT2D eigenvalue weighted by molar-refractivity contribution is 0.103. The van der Waals surface area contributed by atoms with Gasteiger partial charge in [-0.25, -0.2) is 8.78 Å². The van der Waals surface area contributed by atoms with Crippen LogP contribution in [0.15, 0.2) is 48.5 Å². The molecule has 2 aromatic rings. The van der Waals surface area contributed by atoms with Crippen molar-refractivity contribution in [3.63, 3.8) is 0 Å². The van der Waals surface area contributed by atoms with Gasteiger partial charge in [0.25, 0.3) is 0 Å². The average molecular weight is 306 g/mol. The van der Waals surface area contributed by atoms with E-state index in [0.717, 1.165) is 5.56 Å². The first kappa shape index (κ1) is 16.3. The lowest BCUT2D eigenvalue weighted by Gasteiger charge is -2.15. The number of halogens is 2. The van der Waals surface area contributed by atoms with Crippen molar-refractivity contribution in [2.24, 2.45) is 0 Å². The van der Waals surface area contributed by atoms with Crippen LogP contribution in [0, 0.1) is 0 Å². The molecular weight excluding hydrogens is 286 g/mol. The molecule has 0 radical (unpaired) electrons. The van der Waals surface area contributed by atoms with E-state index < -0.39 is 12.3 Å². The van der Waals surface area contributed by atoms with Gasteiger partial charge in [-0.2, -0.15) is 0 Å². The minimum atomic E-state index is -1.64. The SMILES string of the molecule is CCCC(F)C(F)COc1ccc(O)c(-c2ccccc2)c1. The fourth-order valence-corrected chi connectivity index (χ4v) is 2.19. The molecule has 22 heavy (non-hydrogen) atoms. The van der Waals surface area contributed by atoms with E-state index in [4.69, 9.17) is 4.74 Å². The molecule has 1 N–H and O–H groups in total. The van der Waals surface area contributed by atoms with Gasteiger partial charge in [-0.3, -0.25) is 0 Å². The molecule has 0 spiro atoms. The molecule has 4 heteroatoms. The molecule has 0 saturated carbocycles. The van der Waals surface area contributed by atoms with Crippen LogP contribution in [0.25, 0.3) is 11.1 Å². The second-order valence-electron chi connectivity index (χ2n) is 5.18. The van der Waals surface area contributed by atoms with Gasteiger partial charge in [0, 0.05) is 5.56 Å². The second-order valence-corrected chi connectivity index (χ2v) is 5.18. The summed E-state index contributed by atoms with van der Waals surface area (Å²) in [6.07, 6.45) is -2.36. The van der Waals surface area contributed by atoms with Gasteiger partial charge in [0.1, 0.15) is 24.3 Å². The van der Waals surface area contributed by atoms with E-state index in [1.54, 1.807) is 12.1 Å². The predicted molar refractivity (Wildman–Crippen MR) is 83.7 cm³/mol. The van der Waals surface area contributed by atoms with Gasteiger partial charge in [-0.15, -0.1) is 0 Å². The largest absolute Gasteiger partial charge is 0.507 e. The Balaban J connectivity index is 2.07. The highest BCUT2D eigenvalue weighted by Crippen LogP contribution is 2.32. The fourth-order valence-electron chi connectivity index (χ4n) is 2.19. The third-order valence-electron chi connectivity index (χ3n) is 3.42. The molecule has 118 valence electrons. The smallest absolute Gasteiger partial charge is 0.165 e. The lowest BCUT2D eigenvalue weighted by atomic mass is 10.0. The monoisotopic (exact) mass is 306 g/mol. The van der Waals surface area contributed by atoms with Crippen molar-refractivity contribution in [1.29, 1.82) is 0 Å². The van der Waals surface area contributed by atoms with Gasteiger partial charge in [-0.1, -0.05) is 43.7 Å². The molecule has 2 rings (SSSR count). The van der Waals surface area contributed by atoms with E-state index in [1.807, 2.05) is 37.3 Å². The molecule has 2 atom stereocenters. The summed E-state index contributed by atoms with van der Waals surface area (Å²) in [6, 6.07) is 14.0. The molecule has 0 saturated heterocycles. The number of ether oxygens (including phenoxy) is 1. The van der Waals surface area contributed by atoms with Crippen LogP contribution in [-0.4, -0.2) is 24.1 Å². The lowest BCUT2D eigenvalue weighted by Crippen LogP contribution is -2.24. The Labute approximate surface area is 129 Å². The number of hydrogen-bond acceptors (Lipinski definition) is 2. The van der Waals surface area contributed by atoms with Crippen molar-refractivity contribution in [3.05, 3.63) is 48.5 Å². The van der Waals surface area contributed by atoms with Crippen LogP contribution in [0.3, 0.4) is 0 Å². The first-order chi connectivity index (χ1) is 10.6.